The molecule has 5 heteroatoms. The lowest BCUT2D eigenvalue weighted by Crippen LogP contribution is -2.43. The number of hydrogen-bond donors (Lipinski definition) is 0. The van der Waals surface area contributed by atoms with Crippen LogP contribution in [0.4, 0.5) is 0 Å². The van der Waals surface area contributed by atoms with Gasteiger partial charge in [-0.3, -0.25) is 19.3 Å². The van der Waals surface area contributed by atoms with Crippen LogP contribution in [0.1, 0.15) is 95.8 Å². The number of hydrogen-bond acceptors (Lipinski definition) is 3. The Morgan fingerprint density at radius 3 is 2.41 bits per heavy atom. The van der Waals surface area contributed by atoms with Crippen molar-refractivity contribution >= 4 is 17.7 Å². The van der Waals surface area contributed by atoms with Crippen molar-refractivity contribution in [2.24, 2.45) is 0 Å². The fourth-order valence-electron chi connectivity index (χ4n) is 4.92. The molecule has 0 bridgehead atoms. The monoisotopic (exact) mass is 368 g/mol. The van der Waals surface area contributed by atoms with E-state index < -0.39 is 0 Å². The van der Waals surface area contributed by atoms with Gasteiger partial charge >= 0.3 is 0 Å². The van der Waals surface area contributed by atoms with E-state index >= 15 is 0 Å². The molecule has 27 heavy (non-hydrogen) atoms. The highest BCUT2D eigenvalue weighted by Crippen LogP contribution is 2.32. The molecule has 0 radical (unpaired) electrons. The van der Waals surface area contributed by atoms with E-state index in [2.05, 4.69) is 6.92 Å². The van der Waals surface area contributed by atoms with E-state index in [1.165, 1.54) is 11.3 Å². The Hall–Kier alpha value is -2.17. The van der Waals surface area contributed by atoms with Crippen molar-refractivity contribution in [2.45, 2.75) is 76.8 Å². The third-order valence-electron chi connectivity index (χ3n) is 6.46. The molecule has 2 fully saturated rings. The van der Waals surface area contributed by atoms with E-state index in [0.29, 0.717) is 16.7 Å². The van der Waals surface area contributed by atoms with E-state index in [0.717, 1.165) is 57.9 Å². The average molecular weight is 368 g/mol. The molecule has 1 saturated carbocycles. The number of rotatable bonds is 3. The number of benzene rings is 1. The Kier molecular flexibility index (Phi) is 5.02. The largest absolute Gasteiger partial charge is 0.336 e. The fourth-order valence-corrected chi connectivity index (χ4v) is 4.92. The van der Waals surface area contributed by atoms with Crippen molar-refractivity contribution in [1.82, 2.24) is 9.80 Å². The molecule has 1 atom stereocenters. The number of piperidine rings is 1. The molecule has 2 aliphatic heterocycles. The van der Waals surface area contributed by atoms with Crippen LogP contribution >= 0.6 is 0 Å². The van der Waals surface area contributed by atoms with Crippen LogP contribution in [-0.2, 0) is 0 Å². The summed E-state index contributed by atoms with van der Waals surface area (Å²) in [7, 11) is 0. The molecular formula is C22H28N2O3. The molecule has 0 N–H and O–H groups in total. The van der Waals surface area contributed by atoms with E-state index in [9.17, 15) is 14.4 Å². The van der Waals surface area contributed by atoms with E-state index in [-0.39, 0.29) is 29.8 Å². The number of nitrogens with zero attached hydrogens (tertiary/aromatic N) is 2. The zero-order chi connectivity index (χ0) is 19.0. The van der Waals surface area contributed by atoms with Gasteiger partial charge in [0.25, 0.3) is 17.7 Å². The molecule has 4 rings (SSSR count). The van der Waals surface area contributed by atoms with Crippen LogP contribution in [0.2, 0.25) is 0 Å². The van der Waals surface area contributed by atoms with Gasteiger partial charge in [-0.05, 0) is 56.7 Å². The Balaban J connectivity index is 1.60. The summed E-state index contributed by atoms with van der Waals surface area (Å²) >= 11 is 0. The van der Waals surface area contributed by atoms with Crippen LogP contribution in [0.15, 0.2) is 18.2 Å². The zero-order valence-corrected chi connectivity index (χ0v) is 16.1. The van der Waals surface area contributed by atoms with Crippen molar-refractivity contribution in [3.8, 4) is 0 Å². The first kappa shape index (κ1) is 18.2. The van der Waals surface area contributed by atoms with E-state index in [1.807, 2.05) is 4.90 Å². The standard InChI is InChI=1S/C22H28N2O3/c1-2-16-8-6-7-13-23(16)20(25)15-11-12-18-19(14-15)22(27)24(21(18)26)17-9-4-3-5-10-17/h11-12,14,16-17H,2-10,13H2,1H3. The van der Waals surface area contributed by atoms with Crippen molar-refractivity contribution < 1.29 is 14.4 Å². The van der Waals surface area contributed by atoms with Crippen molar-refractivity contribution in [3.63, 3.8) is 0 Å². The second-order valence-corrected chi connectivity index (χ2v) is 8.09. The summed E-state index contributed by atoms with van der Waals surface area (Å²) in [4.78, 5) is 42.2. The van der Waals surface area contributed by atoms with E-state index in [1.54, 1.807) is 18.2 Å². The topological polar surface area (TPSA) is 57.7 Å². The highest BCUT2D eigenvalue weighted by molar-refractivity contribution is 6.22. The first-order valence-corrected chi connectivity index (χ1v) is 10.4. The summed E-state index contributed by atoms with van der Waals surface area (Å²) in [6, 6.07) is 5.34. The second kappa shape index (κ2) is 7.45. The molecular weight excluding hydrogens is 340 g/mol. The lowest BCUT2D eigenvalue weighted by Gasteiger charge is -2.35. The van der Waals surface area contributed by atoms with Crippen molar-refractivity contribution in [2.75, 3.05) is 6.54 Å². The van der Waals surface area contributed by atoms with Crippen molar-refractivity contribution in [3.05, 3.63) is 34.9 Å². The summed E-state index contributed by atoms with van der Waals surface area (Å²) in [5.41, 5.74) is 1.38. The van der Waals surface area contributed by atoms with Gasteiger partial charge in [0.1, 0.15) is 0 Å². The smallest absolute Gasteiger partial charge is 0.261 e. The lowest BCUT2D eigenvalue weighted by atomic mass is 9.94. The van der Waals surface area contributed by atoms with Crippen LogP contribution in [0.25, 0.3) is 0 Å². The molecule has 1 aliphatic carbocycles. The Labute approximate surface area is 160 Å². The summed E-state index contributed by atoms with van der Waals surface area (Å²) in [5, 5.41) is 0. The Morgan fingerprint density at radius 2 is 1.67 bits per heavy atom. The minimum atomic E-state index is -0.220. The summed E-state index contributed by atoms with van der Waals surface area (Å²) in [6.45, 7) is 2.89. The molecule has 0 aromatic heterocycles. The third-order valence-corrected chi connectivity index (χ3v) is 6.46. The molecule has 2 heterocycles. The molecule has 1 aromatic rings. The van der Waals surface area contributed by atoms with Gasteiger partial charge in [-0.2, -0.15) is 0 Å². The maximum atomic E-state index is 13.1. The molecule has 5 nitrogen and oxygen atoms in total. The fraction of sp³-hybridized carbons (Fsp3) is 0.591. The number of imide groups is 1. The quantitative estimate of drug-likeness (QED) is 0.757. The predicted octanol–water partition coefficient (Wildman–Crippen LogP) is 4.02. The minimum Gasteiger partial charge on any atom is -0.336 e. The van der Waals surface area contributed by atoms with Gasteiger partial charge in [-0.1, -0.05) is 26.2 Å². The average Bonchev–Trinajstić information content (AvgIpc) is 2.98. The van der Waals surface area contributed by atoms with E-state index in [4.69, 9.17) is 0 Å². The predicted molar refractivity (Wildman–Crippen MR) is 103 cm³/mol. The molecule has 1 saturated heterocycles. The zero-order valence-electron chi connectivity index (χ0n) is 16.1. The molecule has 3 aliphatic rings. The first-order chi connectivity index (χ1) is 13.1. The summed E-state index contributed by atoms with van der Waals surface area (Å²) in [6.07, 6.45) is 9.27. The Bertz CT molecular complexity index is 767. The number of likely N-dealkylation sites (tertiary alicyclic amines) is 1. The molecule has 0 spiro atoms. The maximum Gasteiger partial charge on any atom is 0.261 e. The maximum absolute atomic E-state index is 13.1. The minimum absolute atomic E-state index is 0.0110. The van der Waals surface area contributed by atoms with Crippen LogP contribution in [0.5, 0.6) is 0 Å². The third kappa shape index (κ3) is 3.17. The highest BCUT2D eigenvalue weighted by Gasteiger charge is 2.40. The van der Waals surface area contributed by atoms with Crippen molar-refractivity contribution in [1.29, 1.82) is 0 Å². The lowest BCUT2D eigenvalue weighted by molar-refractivity contribution is 0.0548. The summed E-state index contributed by atoms with van der Waals surface area (Å²) < 4.78 is 0. The summed E-state index contributed by atoms with van der Waals surface area (Å²) in [5.74, 6) is -0.423. The number of amides is 3. The van der Waals surface area contributed by atoms with Gasteiger partial charge in [-0.25, -0.2) is 0 Å². The van der Waals surface area contributed by atoms with Gasteiger partial charge in [0.15, 0.2) is 0 Å². The normalized spacial score (nSPS) is 23.7. The molecule has 144 valence electrons. The highest BCUT2D eigenvalue weighted by atomic mass is 16.2. The Morgan fingerprint density at radius 1 is 0.963 bits per heavy atom. The van der Waals surface area contributed by atoms with Crippen LogP contribution in [0.3, 0.4) is 0 Å². The second-order valence-electron chi connectivity index (χ2n) is 8.09. The number of carbonyl (C=O) groups excluding carboxylic acids is 3. The SMILES string of the molecule is CCC1CCCCN1C(=O)c1ccc2c(c1)C(=O)N(C1CCCCC1)C2=O. The molecule has 1 aromatic carbocycles. The van der Waals surface area contributed by atoms with Gasteiger partial charge in [0, 0.05) is 24.2 Å². The van der Waals surface area contributed by atoms with Crippen LogP contribution in [-0.4, -0.2) is 46.1 Å². The van der Waals surface area contributed by atoms with Gasteiger partial charge < -0.3 is 4.90 Å². The number of fused-ring (bicyclic) bond motifs is 1. The number of carbonyl (C=O) groups is 3. The first-order valence-electron chi connectivity index (χ1n) is 10.4. The molecule has 3 amide bonds. The van der Waals surface area contributed by atoms with Gasteiger partial charge in [-0.15, -0.1) is 0 Å². The van der Waals surface area contributed by atoms with Crippen LogP contribution < -0.4 is 0 Å². The van der Waals surface area contributed by atoms with Crippen LogP contribution in [0, 0.1) is 0 Å². The molecule has 1 unspecified atom stereocenters. The van der Waals surface area contributed by atoms with Gasteiger partial charge in [0.2, 0.25) is 0 Å². The van der Waals surface area contributed by atoms with Gasteiger partial charge in [0.05, 0.1) is 11.1 Å².